The number of esters is 1. The topological polar surface area (TPSA) is 84.3 Å². The van der Waals surface area contributed by atoms with Gasteiger partial charge in [0.15, 0.2) is 6.79 Å². The highest BCUT2D eigenvalue weighted by Gasteiger charge is 2.18. The van der Waals surface area contributed by atoms with Crippen molar-refractivity contribution in [3.05, 3.63) is 32.8 Å². The lowest BCUT2D eigenvalue weighted by Crippen LogP contribution is -2.29. The first-order valence-corrected chi connectivity index (χ1v) is 6.24. The fraction of sp³-hybridized carbons (Fsp3) is 0.545. The molecule has 0 aromatic carbocycles. The van der Waals surface area contributed by atoms with E-state index >= 15 is 0 Å². The lowest BCUT2D eigenvalue weighted by atomic mass is 10.1. The van der Waals surface area contributed by atoms with E-state index in [1.807, 2.05) is 17.5 Å². The Morgan fingerprint density at radius 1 is 1.61 bits per heavy atom. The highest BCUT2D eigenvalue weighted by Crippen LogP contribution is 2.12. The van der Waals surface area contributed by atoms with Gasteiger partial charge in [0, 0.05) is 9.79 Å². The van der Waals surface area contributed by atoms with Gasteiger partial charge in [0.05, 0.1) is 18.6 Å². The third-order valence-corrected chi connectivity index (χ3v) is 2.96. The molecule has 6 nitrogen and oxygen atoms in total. The summed E-state index contributed by atoms with van der Waals surface area (Å²) in [7, 11) is 0. The van der Waals surface area contributed by atoms with E-state index in [-0.39, 0.29) is 25.7 Å². The predicted octanol–water partition coefficient (Wildman–Crippen LogP) is 2.90. The first-order chi connectivity index (χ1) is 8.53. The van der Waals surface area contributed by atoms with Gasteiger partial charge in [-0.1, -0.05) is 11.2 Å². The van der Waals surface area contributed by atoms with E-state index in [0.717, 1.165) is 4.88 Å². The van der Waals surface area contributed by atoms with Crippen molar-refractivity contribution in [2.75, 3.05) is 13.3 Å². The molecule has 98 valence electrons. The van der Waals surface area contributed by atoms with Gasteiger partial charge in [-0.3, -0.25) is 4.79 Å². The third kappa shape index (κ3) is 5.67. The smallest absolute Gasteiger partial charge is 0.313 e. The van der Waals surface area contributed by atoms with Crippen LogP contribution in [0.4, 0.5) is 0 Å². The number of thiophene rings is 1. The van der Waals surface area contributed by atoms with Crippen LogP contribution in [-0.4, -0.2) is 24.9 Å². The quantitative estimate of drug-likeness (QED) is 0.251. The second-order valence-electron chi connectivity index (χ2n) is 4.18. The Labute approximate surface area is 109 Å². The highest BCUT2D eigenvalue weighted by molar-refractivity contribution is 7.10. The second-order valence-corrected chi connectivity index (χ2v) is 5.22. The van der Waals surface area contributed by atoms with Gasteiger partial charge in [-0.25, -0.2) is 0 Å². The number of azide groups is 1. The fourth-order valence-corrected chi connectivity index (χ4v) is 1.80. The van der Waals surface area contributed by atoms with Crippen LogP contribution in [0.5, 0.6) is 0 Å². The molecule has 0 aliphatic heterocycles. The standard InChI is InChI=1S/C11H15N3O3S/c1-11(2,7-13-14-12)17-8-16-10(15)6-9-4-3-5-18-9/h3-5H,6-8H2,1-2H3. The van der Waals surface area contributed by atoms with Crippen molar-refractivity contribution in [1.82, 2.24) is 0 Å². The molecule has 0 fully saturated rings. The number of ether oxygens (including phenoxy) is 2. The molecule has 0 aliphatic carbocycles. The molecule has 0 atom stereocenters. The minimum atomic E-state index is -0.643. The molecule has 0 N–H and O–H groups in total. The Bertz CT molecular complexity index is 425. The molecule has 0 aliphatic rings. The van der Waals surface area contributed by atoms with Crippen LogP contribution in [0, 0.1) is 0 Å². The van der Waals surface area contributed by atoms with E-state index in [1.54, 1.807) is 13.8 Å². The van der Waals surface area contributed by atoms with Gasteiger partial charge in [0.25, 0.3) is 0 Å². The Morgan fingerprint density at radius 2 is 2.39 bits per heavy atom. The van der Waals surface area contributed by atoms with Crippen molar-refractivity contribution in [3.8, 4) is 0 Å². The van der Waals surface area contributed by atoms with Crippen molar-refractivity contribution in [3.63, 3.8) is 0 Å². The number of carbonyl (C=O) groups excluding carboxylic acids is 1. The van der Waals surface area contributed by atoms with Crippen LogP contribution >= 0.6 is 11.3 Å². The van der Waals surface area contributed by atoms with Crippen molar-refractivity contribution in [1.29, 1.82) is 0 Å². The molecule has 0 amide bonds. The summed E-state index contributed by atoms with van der Waals surface area (Å²) in [4.78, 5) is 15.0. The van der Waals surface area contributed by atoms with Crippen LogP contribution < -0.4 is 0 Å². The van der Waals surface area contributed by atoms with Crippen LogP contribution in [0.15, 0.2) is 22.6 Å². The van der Waals surface area contributed by atoms with Crippen LogP contribution in [0.2, 0.25) is 0 Å². The zero-order valence-corrected chi connectivity index (χ0v) is 11.1. The lowest BCUT2D eigenvalue weighted by Gasteiger charge is -2.22. The molecule has 1 aromatic rings. The number of carbonyl (C=O) groups is 1. The van der Waals surface area contributed by atoms with Crippen LogP contribution in [0.25, 0.3) is 10.4 Å². The van der Waals surface area contributed by atoms with Crippen molar-refractivity contribution in [2.45, 2.75) is 25.9 Å². The summed E-state index contributed by atoms with van der Waals surface area (Å²) in [5.41, 5.74) is 7.56. The molecular weight excluding hydrogens is 254 g/mol. The molecule has 1 aromatic heterocycles. The third-order valence-electron chi connectivity index (χ3n) is 2.08. The fourth-order valence-electron chi connectivity index (χ4n) is 1.11. The molecule has 0 saturated carbocycles. The molecular formula is C11H15N3O3S. The molecule has 0 saturated heterocycles. The van der Waals surface area contributed by atoms with Gasteiger partial charge in [0.2, 0.25) is 0 Å². The molecule has 0 unspecified atom stereocenters. The number of hydrogen-bond donors (Lipinski definition) is 0. The summed E-state index contributed by atoms with van der Waals surface area (Å²) in [6.45, 7) is 3.56. The monoisotopic (exact) mass is 269 g/mol. The molecule has 0 spiro atoms. The normalized spacial score (nSPS) is 10.8. The second kappa shape index (κ2) is 7.00. The first-order valence-electron chi connectivity index (χ1n) is 5.36. The van der Waals surface area contributed by atoms with Gasteiger partial charge in [-0.05, 0) is 30.8 Å². The largest absolute Gasteiger partial charge is 0.438 e. The number of hydrogen-bond acceptors (Lipinski definition) is 5. The minimum absolute atomic E-state index is 0.141. The Kier molecular flexibility index (Phi) is 5.64. The molecule has 0 radical (unpaired) electrons. The predicted molar refractivity (Wildman–Crippen MR) is 68.2 cm³/mol. The summed E-state index contributed by atoms with van der Waals surface area (Å²) in [6.07, 6.45) is 0.248. The van der Waals surface area contributed by atoms with Crippen LogP contribution in [-0.2, 0) is 20.7 Å². The Balaban J connectivity index is 2.24. The summed E-state index contributed by atoms with van der Waals surface area (Å²) < 4.78 is 10.3. The van der Waals surface area contributed by atoms with Crippen molar-refractivity contribution < 1.29 is 14.3 Å². The van der Waals surface area contributed by atoms with E-state index in [1.165, 1.54) is 11.3 Å². The van der Waals surface area contributed by atoms with Gasteiger partial charge in [-0.15, -0.1) is 11.3 Å². The van der Waals surface area contributed by atoms with E-state index < -0.39 is 5.60 Å². The van der Waals surface area contributed by atoms with Crippen molar-refractivity contribution in [2.24, 2.45) is 5.11 Å². The number of rotatable bonds is 7. The zero-order chi connectivity index (χ0) is 13.4. The van der Waals surface area contributed by atoms with Crippen LogP contribution in [0.3, 0.4) is 0 Å². The number of nitrogens with zero attached hydrogens (tertiary/aromatic N) is 3. The van der Waals surface area contributed by atoms with Gasteiger partial charge in [0.1, 0.15) is 0 Å². The minimum Gasteiger partial charge on any atom is -0.438 e. The van der Waals surface area contributed by atoms with E-state index in [0.29, 0.717) is 0 Å². The van der Waals surface area contributed by atoms with Gasteiger partial charge in [-0.2, -0.15) is 0 Å². The molecule has 0 bridgehead atoms. The first kappa shape index (κ1) is 14.5. The summed E-state index contributed by atoms with van der Waals surface area (Å²) >= 11 is 1.50. The summed E-state index contributed by atoms with van der Waals surface area (Å²) in [5, 5.41) is 5.32. The highest BCUT2D eigenvalue weighted by atomic mass is 32.1. The van der Waals surface area contributed by atoms with E-state index in [4.69, 9.17) is 15.0 Å². The maximum atomic E-state index is 11.4. The Morgan fingerprint density at radius 3 is 3.00 bits per heavy atom. The Hall–Kier alpha value is -1.56. The van der Waals surface area contributed by atoms with E-state index in [9.17, 15) is 4.79 Å². The molecule has 1 heterocycles. The van der Waals surface area contributed by atoms with Crippen LogP contribution in [0.1, 0.15) is 18.7 Å². The zero-order valence-electron chi connectivity index (χ0n) is 10.3. The van der Waals surface area contributed by atoms with E-state index in [2.05, 4.69) is 10.0 Å². The summed E-state index contributed by atoms with van der Waals surface area (Å²) in [6, 6.07) is 3.76. The lowest BCUT2D eigenvalue weighted by molar-refractivity contribution is -0.167. The molecule has 1 rings (SSSR count). The maximum Gasteiger partial charge on any atom is 0.313 e. The average Bonchev–Trinajstić information content (AvgIpc) is 2.79. The maximum absolute atomic E-state index is 11.4. The van der Waals surface area contributed by atoms with Gasteiger partial charge >= 0.3 is 5.97 Å². The summed E-state index contributed by atoms with van der Waals surface area (Å²) in [5.74, 6) is -0.336. The molecule has 7 heteroatoms. The molecule has 18 heavy (non-hydrogen) atoms. The van der Waals surface area contributed by atoms with Gasteiger partial charge < -0.3 is 9.47 Å². The average molecular weight is 269 g/mol. The SMILES string of the molecule is CC(C)(CN=[N+]=[N-])OCOC(=O)Cc1cccs1. The van der Waals surface area contributed by atoms with Crippen molar-refractivity contribution >= 4 is 17.3 Å².